The molecule has 0 spiro atoms. The van der Waals surface area contributed by atoms with Crippen LogP contribution in [0.1, 0.15) is 28.4 Å². The van der Waals surface area contributed by atoms with E-state index in [1.54, 1.807) is 13.0 Å². The Bertz CT molecular complexity index is 682. The van der Waals surface area contributed by atoms with Crippen molar-refractivity contribution >= 4 is 22.0 Å². The van der Waals surface area contributed by atoms with E-state index in [0.717, 1.165) is 9.87 Å². The third-order valence-electron chi connectivity index (χ3n) is 3.15. The molecular weight excluding hydrogens is 298 g/mol. The number of aromatic carboxylic acids is 1. The molecule has 0 saturated carbocycles. The van der Waals surface area contributed by atoms with E-state index in [9.17, 15) is 18.0 Å². The van der Waals surface area contributed by atoms with E-state index in [1.165, 1.54) is 12.1 Å². The van der Waals surface area contributed by atoms with Crippen LogP contribution in [0.15, 0.2) is 18.2 Å². The van der Waals surface area contributed by atoms with E-state index in [2.05, 4.69) is 4.74 Å². The molecule has 0 aliphatic carbocycles. The van der Waals surface area contributed by atoms with Gasteiger partial charge in [-0.25, -0.2) is 13.2 Å². The summed E-state index contributed by atoms with van der Waals surface area (Å²) in [6.45, 7) is 1.93. The minimum Gasteiger partial charge on any atom is -0.478 e. The van der Waals surface area contributed by atoms with Gasteiger partial charge in [-0.1, -0.05) is 6.07 Å². The van der Waals surface area contributed by atoms with Gasteiger partial charge in [0.25, 0.3) is 0 Å². The molecular formula is C13H15NO6S. The quantitative estimate of drug-likeness (QED) is 0.799. The zero-order valence-electron chi connectivity index (χ0n) is 11.4. The van der Waals surface area contributed by atoms with Crippen LogP contribution in [0.25, 0.3) is 0 Å². The highest BCUT2D eigenvalue weighted by Gasteiger charge is 2.31. The molecule has 7 nitrogen and oxygen atoms in total. The predicted octanol–water partition coefficient (Wildman–Crippen LogP) is 0.593. The molecule has 0 atom stereocenters. The summed E-state index contributed by atoms with van der Waals surface area (Å²) in [5.41, 5.74) is 1.49. The first-order valence-corrected chi connectivity index (χ1v) is 7.93. The Kier molecular flexibility index (Phi) is 4.29. The summed E-state index contributed by atoms with van der Waals surface area (Å²) in [5.74, 6) is -2.56. The first kappa shape index (κ1) is 15.5. The number of carboxylic acids is 1. The zero-order chi connectivity index (χ0) is 15.6. The smallest absolute Gasteiger partial charge is 0.335 e. The lowest BCUT2D eigenvalue weighted by Gasteiger charge is -2.14. The van der Waals surface area contributed by atoms with Gasteiger partial charge in [-0.15, -0.1) is 0 Å². The second kappa shape index (κ2) is 5.82. The Hall–Kier alpha value is -1.93. The number of rotatable bonds is 5. The van der Waals surface area contributed by atoms with Crippen LogP contribution >= 0.6 is 0 Å². The second-order valence-electron chi connectivity index (χ2n) is 4.62. The number of carbonyl (C=O) groups excluding carboxylic acids is 1. The zero-order valence-corrected chi connectivity index (χ0v) is 12.2. The third kappa shape index (κ3) is 3.40. The van der Waals surface area contributed by atoms with Gasteiger partial charge in [-0.05, 0) is 30.2 Å². The fourth-order valence-corrected chi connectivity index (χ4v) is 3.37. The Morgan fingerprint density at radius 2 is 1.95 bits per heavy atom. The van der Waals surface area contributed by atoms with Gasteiger partial charge in [0.1, 0.15) is 0 Å². The number of esters is 1. The topological polar surface area (TPSA) is 101 Å². The van der Waals surface area contributed by atoms with Crippen molar-refractivity contribution in [2.24, 2.45) is 0 Å². The number of ether oxygens (including phenoxy) is 1. The molecule has 0 amide bonds. The van der Waals surface area contributed by atoms with Crippen molar-refractivity contribution in [2.75, 3.05) is 12.4 Å². The van der Waals surface area contributed by atoms with Crippen molar-refractivity contribution in [1.82, 2.24) is 4.31 Å². The number of hydrogen-bond acceptors (Lipinski definition) is 5. The third-order valence-corrected chi connectivity index (χ3v) is 4.79. The average molecular weight is 313 g/mol. The first-order chi connectivity index (χ1) is 9.83. The Balaban J connectivity index is 2.15. The first-order valence-electron chi connectivity index (χ1n) is 6.32. The summed E-state index contributed by atoms with van der Waals surface area (Å²) in [5, 5.41) is 8.93. The highest BCUT2D eigenvalue weighted by atomic mass is 32.2. The van der Waals surface area contributed by atoms with Gasteiger partial charge in [0, 0.05) is 13.1 Å². The van der Waals surface area contributed by atoms with Gasteiger partial charge >= 0.3 is 11.9 Å². The summed E-state index contributed by atoms with van der Waals surface area (Å²) < 4.78 is 30.0. The summed E-state index contributed by atoms with van der Waals surface area (Å²) in [7, 11) is -3.77. The molecule has 0 saturated heterocycles. The van der Waals surface area contributed by atoms with E-state index in [1.807, 2.05) is 0 Å². The number of carbonyl (C=O) groups is 2. The van der Waals surface area contributed by atoms with Gasteiger partial charge < -0.3 is 9.84 Å². The predicted molar refractivity (Wildman–Crippen MR) is 73.1 cm³/mol. The average Bonchev–Trinajstić information content (AvgIpc) is 2.81. The summed E-state index contributed by atoms with van der Waals surface area (Å²) >= 11 is 0. The fourth-order valence-electron chi connectivity index (χ4n) is 2.14. The number of fused-ring (bicyclic) bond motifs is 1. The number of carboxylic acid groups (broad SMARTS) is 1. The second-order valence-corrected chi connectivity index (χ2v) is 6.59. The van der Waals surface area contributed by atoms with E-state index >= 15 is 0 Å². The SMILES string of the molecule is CCOC(=O)CS(=O)(=O)N1Cc2ccc(C(=O)O)cc2C1. The van der Waals surface area contributed by atoms with Crippen LogP contribution in [0, 0.1) is 0 Å². The van der Waals surface area contributed by atoms with Gasteiger partial charge in [0.2, 0.25) is 10.0 Å². The maximum Gasteiger partial charge on any atom is 0.335 e. The van der Waals surface area contributed by atoms with Crippen LogP contribution in [0.5, 0.6) is 0 Å². The van der Waals surface area contributed by atoms with Crippen molar-refractivity contribution < 1.29 is 27.9 Å². The molecule has 1 aromatic carbocycles. The lowest BCUT2D eigenvalue weighted by molar-refractivity contribution is -0.140. The standard InChI is InChI=1S/C13H15NO6S/c1-2-20-12(15)8-21(18,19)14-6-10-4-3-9(13(16)17)5-11(10)7-14/h3-5H,2,6-8H2,1H3,(H,16,17). The lowest BCUT2D eigenvalue weighted by Crippen LogP contribution is -2.32. The molecule has 21 heavy (non-hydrogen) atoms. The molecule has 1 aromatic rings. The number of sulfonamides is 1. The molecule has 0 radical (unpaired) electrons. The summed E-state index contributed by atoms with van der Waals surface area (Å²) in [4.78, 5) is 22.2. The molecule has 0 unspecified atom stereocenters. The summed E-state index contributed by atoms with van der Waals surface area (Å²) in [6.07, 6.45) is 0. The van der Waals surface area contributed by atoms with Gasteiger partial charge in [-0.3, -0.25) is 4.79 Å². The monoisotopic (exact) mass is 313 g/mol. The Labute approximate surface area is 122 Å². The van der Waals surface area contributed by atoms with Crippen molar-refractivity contribution in [1.29, 1.82) is 0 Å². The van der Waals surface area contributed by atoms with E-state index in [4.69, 9.17) is 5.11 Å². The molecule has 2 rings (SSSR count). The molecule has 1 heterocycles. The van der Waals surface area contributed by atoms with Crippen LogP contribution in [-0.2, 0) is 32.6 Å². The van der Waals surface area contributed by atoms with E-state index < -0.39 is 27.7 Å². The minimum atomic E-state index is -3.77. The van der Waals surface area contributed by atoms with Gasteiger partial charge in [-0.2, -0.15) is 4.31 Å². The highest BCUT2D eigenvalue weighted by Crippen LogP contribution is 2.26. The number of benzene rings is 1. The van der Waals surface area contributed by atoms with Crippen LogP contribution in [0.4, 0.5) is 0 Å². The van der Waals surface area contributed by atoms with Crippen LogP contribution in [-0.4, -0.2) is 42.1 Å². The normalized spacial score (nSPS) is 14.7. The molecule has 0 fully saturated rings. The van der Waals surface area contributed by atoms with Gasteiger partial charge in [0.15, 0.2) is 5.75 Å². The largest absolute Gasteiger partial charge is 0.478 e. The number of nitrogens with zero attached hydrogens (tertiary/aromatic N) is 1. The minimum absolute atomic E-state index is 0.0677. The van der Waals surface area contributed by atoms with Crippen LogP contribution in [0.2, 0.25) is 0 Å². The van der Waals surface area contributed by atoms with E-state index in [-0.39, 0.29) is 25.3 Å². The molecule has 0 aromatic heterocycles. The molecule has 1 N–H and O–H groups in total. The van der Waals surface area contributed by atoms with E-state index in [0.29, 0.717) is 5.56 Å². The molecule has 1 aliphatic rings. The lowest BCUT2D eigenvalue weighted by atomic mass is 10.1. The highest BCUT2D eigenvalue weighted by molar-refractivity contribution is 7.89. The van der Waals surface area contributed by atoms with Crippen LogP contribution in [0.3, 0.4) is 0 Å². The van der Waals surface area contributed by atoms with Crippen molar-refractivity contribution in [2.45, 2.75) is 20.0 Å². The molecule has 114 valence electrons. The maximum atomic E-state index is 12.1. The Morgan fingerprint density at radius 3 is 2.57 bits per heavy atom. The maximum absolute atomic E-state index is 12.1. The van der Waals surface area contributed by atoms with Crippen molar-refractivity contribution in [3.8, 4) is 0 Å². The van der Waals surface area contributed by atoms with Crippen LogP contribution < -0.4 is 0 Å². The van der Waals surface area contributed by atoms with Crippen molar-refractivity contribution in [3.63, 3.8) is 0 Å². The summed E-state index contributed by atoms with van der Waals surface area (Å²) in [6, 6.07) is 4.48. The van der Waals surface area contributed by atoms with Crippen molar-refractivity contribution in [3.05, 3.63) is 34.9 Å². The molecule has 8 heteroatoms. The fraction of sp³-hybridized carbons (Fsp3) is 0.385. The molecule has 1 aliphatic heterocycles. The Morgan fingerprint density at radius 1 is 1.29 bits per heavy atom. The number of hydrogen-bond donors (Lipinski definition) is 1. The molecule has 0 bridgehead atoms. The van der Waals surface area contributed by atoms with Gasteiger partial charge in [0.05, 0.1) is 12.2 Å².